The van der Waals surface area contributed by atoms with Gasteiger partial charge in [-0.1, -0.05) is 54.6 Å². The molecule has 3 aromatic rings. The van der Waals surface area contributed by atoms with Gasteiger partial charge in [0.2, 0.25) is 0 Å². The van der Waals surface area contributed by atoms with Crippen LogP contribution >= 0.6 is 11.6 Å². The Morgan fingerprint density at radius 1 is 1.08 bits per heavy atom. The highest BCUT2D eigenvalue weighted by Gasteiger charge is 2.22. The molecular formula is C22H18ClF. The molecule has 0 saturated carbocycles. The molecule has 24 heavy (non-hydrogen) atoms. The van der Waals surface area contributed by atoms with E-state index in [1.165, 1.54) is 21.9 Å². The van der Waals surface area contributed by atoms with Gasteiger partial charge in [-0.05, 0) is 76.4 Å². The molecule has 0 aliphatic heterocycles. The van der Waals surface area contributed by atoms with Crippen molar-refractivity contribution in [1.29, 1.82) is 0 Å². The third-order valence-electron chi connectivity index (χ3n) is 5.11. The molecule has 0 spiro atoms. The quantitative estimate of drug-likeness (QED) is 0.498. The molecule has 0 bridgehead atoms. The van der Waals surface area contributed by atoms with Crippen molar-refractivity contribution in [1.82, 2.24) is 0 Å². The van der Waals surface area contributed by atoms with Crippen LogP contribution in [0.2, 0.25) is 5.02 Å². The summed E-state index contributed by atoms with van der Waals surface area (Å²) in [7, 11) is 0. The van der Waals surface area contributed by atoms with E-state index in [9.17, 15) is 4.39 Å². The van der Waals surface area contributed by atoms with E-state index in [2.05, 4.69) is 36.9 Å². The number of hydrogen-bond acceptors (Lipinski definition) is 0. The third-order valence-corrected chi connectivity index (χ3v) is 5.42. The highest BCUT2D eigenvalue weighted by atomic mass is 35.5. The largest absolute Gasteiger partial charge is 0.205 e. The average Bonchev–Trinajstić information content (AvgIpc) is 2.62. The predicted octanol–water partition coefficient (Wildman–Crippen LogP) is 6.55. The van der Waals surface area contributed by atoms with E-state index in [0.29, 0.717) is 5.92 Å². The molecule has 0 saturated heterocycles. The standard InChI is InChI=1S/C22H18ClF/c1-2-14-3-8-19-17(11-14)4-5-18-12-15(6-9-20(18)19)16-7-10-21(23)22(24)13-16/h2-5,7-8,10-11,13,15H,1,6,9,12H2. The van der Waals surface area contributed by atoms with E-state index in [-0.39, 0.29) is 10.8 Å². The molecule has 2 heteroatoms. The second-order valence-electron chi connectivity index (χ2n) is 6.50. The summed E-state index contributed by atoms with van der Waals surface area (Å²) in [5.41, 5.74) is 5.01. The van der Waals surface area contributed by atoms with Crippen LogP contribution in [0, 0.1) is 5.82 Å². The Balaban J connectivity index is 1.71. The molecule has 1 aliphatic carbocycles. The maximum Gasteiger partial charge on any atom is 0.142 e. The van der Waals surface area contributed by atoms with Crippen LogP contribution in [-0.4, -0.2) is 0 Å². The molecule has 4 rings (SSSR count). The van der Waals surface area contributed by atoms with Crippen molar-refractivity contribution < 1.29 is 4.39 Å². The van der Waals surface area contributed by atoms with Crippen LogP contribution in [0.1, 0.15) is 34.6 Å². The van der Waals surface area contributed by atoms with Crippen molar-refractivity contribution in [2.75, 3.05) is 0 Å². The van der Waals surface area contributed by atoms with E-state index in [1.807, 2.05) is 12.1 Å². The molecule has 1 aliphatic rings. The molecule has 3 aromatic carbocycles. The Labute approximate surface area is 146 Å². The topological polar surface area (TPSA) is 0 Å². The van der Waals surface area contributed by atoms with Crippen LogP contribution in [-0.2, 0) is 12.8 Å². The molecule has 120 valence electrons. The zero-order chi connectivity index (χ0) is 16.7. The summed E-state index contributed by atoms with van der Waals surface area (Å²) < 4.78 is 13.8. The number of hydrogen-bond donors (Lipinski definition) is 0. The fourth-order valence-electron chi connectivity index (χ4n) is 3.81. The highest BCUT2D eigenvalue weighted by molar-refractivity contribution is 6.30. The zero-order valence-electron chi connectivity index (χ0n) is 13.4. The second-order valence-corrected chi connectivity index (χ2v) is 6.91. The van der Waals surface area contributed by atoms with Crippen LogP contribution in [0.3, 0.4) is 0 Å². The fourth-order valence-corrected chi connectivity index (χ4v) is 3.93. The van der Waals surface area contributed by atoms with Crippen LogP contribution in [0.15, 0.2) is 55.1 Å². The minimum Gasteiger partial charge on any atom is -0.205 e. The Morgan fingerprint density at radius 2 is 1.96 bits per heavy atom. The monoisotopic (exact) mass is 336 g/mol. The number of fused-ring (bicyclic) bond motifs is 3. The normalized spacial score (nSPS) is 16.8. The van der Waals surface area contributed by atoms with E-state index in [1.54, 1.807) is 12.1 Å². The van der Waals surface area contributed by atoms with Gasteiger partial charge >= 0.3 is 0 Å². The van der Waals surface area contributed by atoms with Crippen molar-refractivity contribution >= 4 is 28.4 Å². The summed E-state index contributed by atoms with van der Waals surface area (Å²) in [6.45, 7) is 3.84. The van der Waals surface area contributed by atoms with Gasteiger partial charge in [-0.15, -0.1) is 0 Å². The molecule has 1 atom stereocenters. The molecular weight excluding hydrogens is 319 g/mol. The van der Waals surface area contributed by atoms with Crippen molar-refractivity contribution in [3.8, 4) is 0 Å². The van der Waals surface area contributed by atoms with Crippen LogP contribution in [0.5, 0.6) is 0 Å². The van der Waals surface area contributed by atoms with Gasteiger partial charge in [-0.3, -0.25) is 0 Å². The van der Waals surface area contributed by atoms with Gasteiger partial charge in [0.05, 0.1) is 5.02 Å². The van der Waals surface area contributed by atoms with Gasteiger partial charge in [-0.2, -0.15) is 0 Å². The van der Waals surface area contributed by atoms with Gasteiger partial charge in [-0.25, -0.2) is 4.39 Å². The zero-order valence-corrected chi connectivity index (χ0v) is 14.1. The first-order valence-electron chi connectivity index (χ1n) is 8.27. The first-order chi connectivity index (χ1) is 11.7. The second kappa shape index (κ2) is 6.07. The third kappa shape index (κ3) is 2.63. The number of halogens is 2. The maximum absolute atomic E-state index is 13.8. The molecule has 0 radical (unpaired) electrons. The molecule has 0 amide bonds. The highest BCUT2D eigenvalue weighted by Crippen LogP contribution is 2.37. The molecule has 0 heterocycles. The predicted molar refractivity (Wildman–Crippen MR) is 100 cm³/mol. The van der Waals surface area contributed by atoms with E-state index >= 15 is 0 Å². The maximum atomic E-state index is 13.8. The van der Waals surface area contributed by atoms with Crippen LogP contribution in [0.25, 0.3) is 16.8 Å². The van der Waals surface area contributed by atoms with Gasteiger partial charge in [0.15, 0.2) is 0 Å². The number of rotatable bonds is 2. The lowest BCUT2D eigenvalue weighted by atomic mass is 9.78. The van der Waals surface area contributed by atoms with Crippen LogP contribution in [0.4, 0.5) is 4.39 Å². The summed E-state index contributed by atoms with van der Waals surface area (Å²) in [5.74, 6) is 0.0320. The average molecular weight is 337 g/mol. The number of benzene rings is 3. The lowest BCUT2D eigenvalue weighted by Gasteiger charge is -2.26. The molecule has 1 unspecified atom stereocenters. The van der Waals surface area contributed by atoms with Crippen molar-refractivity contribution in [3.63, 3.8) is 0 Å². The molecule has 0 fully saturated rings. The lowest BCUT2D eigenvalue weighted by molar-refractivity contribution is 0.575. The molecule has 0 N–H and O–H groups in total. The summed E-state index contributed by atoms with van der Waals surface area (Å²) in [4.78, 5) is 0. The summed E-state index contributed by atoms with van der Waals surface area (Å²) in [6, 6.07) is 16.1. The Bertz CT molecular complexity index is 942. The van der Waals surface area contributed by atoms with Gasteiger partial charge in [0, 0.05) is 0 Å². The molecule has 0 nitrogen and oxygen atoms in total. The minimum absolute atomic E-state index is 0.193. The van der Waals surface area contributed by atoms with Crippen molar-refractivity contribution in [2.45, 2.75) is 25.2 Å². The Hall–Kier alpha value is -2.12. The summed E-state index contributed by atoms with van der Waals surface area (Å²) in [6.07, 6.45) is 4.89. The van der Waals surface area contributed by atoms with Gasteiger partial charge in [0.25, 0.3) is 0 Å². The van der Waals surface area contributed by atoms with E-state index in [4.69, 9.17) is 11.6 Å². The SMILES string of the molecule is C=Cc1ccc2c3c(ccc2c1)CC(c1ccc(Cl)c(F)c1)CC3. The molecule has 0 aromatic heterocycles. The first kappa shape index (κ1) is 15.4. The van der Waals surface area contributed by atoms with Crippen molar-refractivity contribution in [2.24, 2.45) is 0 Å². The number of aryl methyl sites for hydroxylation is 1. The van der Waals surface area contributed by atoms with Gasteiger partial charge < -0.3 is 0 Å². The fraction of sp³-hybridized carbons (Fsp3) is 0.182. The first-order valence-corrected chi connectivity index (χ1v) is 8.65. The minimum atomic E-state index is -0.324. The Kier molecular flexibility index (Phi) is 3.90. The summed E-state index contributed by atoms with van der Waals surface area (Å²) in [5, 5.41) is 2.79. The van der Waals surface area contributed by atoms with Crippen LogP contribution < -0.4 is 0 Å². The lowest BCUT2D eigenvalue weighted by Crippen LogP contribution is -2.13. The smallest absolute Gasteiger partial charge is 0.142 e. The van der Waals surface area contributed by atoms with E-state index in [0.717, 1.165) is 30.4 Å². The van der Waals surface area contributed by atoms with Gasteiger partial charge in [0.1, 0.15) is 5.82 Å². The Morgan fingerprint density at radius 3 is 2.75 bits per heavy atom. The van der Waals surface area contributed by atoms with Crippen molar-refractivity contribution in [3.05, 3.63) is 88.2 Å². The van der Waals surface area contributed by atoms with E-state index < -0.39 is 0 Å². The summed E-state index contributed by atoms with van der Waals surface area (Å²) >= 11 is 5.81.